The van der Waals surface area contributed by atoms with E-state index in [-0.39, 0.29) is 15.2 Å². The Kier molecular flexibility index (Phi) is 8.08. The number of nitrogens with two attached hydrogens (primary N) is 1. The van der Waals surface area contributed by atoms with E-state index in [0.717, 1.165) is 30.9 Å². The summed E-state index contributed by atoms with van der Waals surface area (Å²) >= 11 is 0.519. The van der Waals surface area contributed by atoms with E-state index in [1.807, 2.05) is 0 Å². The lowest BCUT2D eigenvalue weighted by molar-refractivity contribution is -0.166. The smallest absolute Gasteiger partial charge is 0.340 e. The number of nitrogens with zero attached hydrogens (tertiary/aromatic N) is 3. The molecule has 2 N–H and O–H groups in total. The molecule has 1 aromatic carbocycles. The summed E-state index contributed by atoms with van der Waals surface area (Å²) in [4.78, 5) is 55.5. The van der Waals surface area contributed by atoms with Gasteiger partial charge in [-0.3, -0.25) is 23.7 Å². The van der Waals surface area contributed by atoms with Crippen LogP contribution in [0.5, 0.6) is 5.88 Å². The van der Waals surface area contributed by atoms with E-state index in [1.165, 1.54) is 12.1 Å². The molecule has 0 radical (unpaired) electrons. The van der Waals surface area contributed by atoms with Crippen molar-refractivity contribution in [3.8, 4) is 5.88 Å². The maximum Gasteiger partial charge on any atom is 0.340 e. The zero-order valence-electron chi connectivity index (χ0n) is 21.6. The second kappa shape index (κ2) is 11.2. The number of nitrogen functional groups attached to an aromatic ring is 1. The quantitative estimate of drug-likeness (QED) is 0.217. The average Bonchev–Trinajstić information content (AvgIpc) is 3.33. The topological polar surface area (TPSA) is 205 Å². The Hall–Kier alpha value is -4.09. The first-order chi connectivity index (χ1) is 18.8. The summed E-state index contributed by atoms with van der Waals surface area (Å²) in [6.45, 7) is 4.73. The third-order valence-electron chi connectivity index (χ3n) is 5.54. The normalized spacial score (nSPS) is 20.7. The minimum atomic E-state index is -4.39. The molecule has 0 amide bonds. The Morgan fingerprint density at radius 1 is 1.02 bits per heavy atom. The minimum absolute atomic E-state index is 0.104. The maximum atomic E-state index is 13.2. The lowest BCUT2D eigenvalue weighted by Crippen LogP contribution is -2.41. The van der Waals surface area contributed by atoms with Crippen LogP contribution >= 0.6 is 11.3 Å². The monoisotopic (exact) mass is 596 g/mol. The SMILES string of the molecule is CC(=O)OC[C@H]1O[C@@H](n2c(=O)sc3c(OS(=O)(=O)c4ccc(C)cc4)nc(N)nc32)[C@H](OC(C)=O)[C@@H]1OC(C)=O. The van der Waals surface area contributed by atoms with Crippen LogP contribution in [0.2, 0.25) is 0 Å². The van der Waals surface area contributed by atoms with Gasteiger partial charge in [0.2, 0.25) is 5.95 Å². The highest BCUT2D eigenvalue weighted by Crippen LogP contribution is 2.38. The zero-order valence-corrected chi connectivity index (χ0v) is 23.2. The van der Waals surface area contributed by atoms with Gasteiger partial charge in [-0.2, -0.15) is 18.4 Å². The van der Waals surface area contributed by atoms with Crippen molar-refractivity contribution in [3.63, 3.8) is 0 Å². The molecular formula is C23H24N4O11S2. The summed E-state index contributed by atoms with van der Waals surface area (Å²) in [6, 6.07) is 5.84. The highest BCUT2D eigenvalue weighted by Gasteiger charge is 2.51. The predicted octanol–water partition coefficient (Wildman–Crippen LogP) is 0.835. The summed E-state index contributed by atoms with van der Waals surface area (Å²) < 4.78 is 53.6. The third kappa shape index (κ3) is 6.05. The zero-order chi connectivity index (χ0) is 29.4. The van der Waals surface area contributed by atoms with Crippen LogP contribution in [0.15, 0.2) is 34.0 Å². The molecule has 1 saturated heterocycles. The number of rotatable bonds is 8. The number of carbonyl (C=O) groups is 3. The number of ether oxygens (including phenoxy) is 4. The second-order valence-electron chi connectivity index (χ2n) is 8.64. The fraction of sp³-hybridized carbons (Fsp3) is 0.391. The van der Waals surface area contributed by atoms with Crippen LogP contribution < -0.4 is 14.8 Å². The molecule has 3 aromatic rings. The van der Waals surface area contributed by atoms with Gasteiger partial charge in [-0.15, -0.1) is 0 Å². The van der Waals surface area contributed by atoms with E-state index in [4.69, 9.17) is 28.9 Å². The standard InChI is InChI=1S/C23H24N4O11S2/c1-10-5-7-14(8-6-10)40(32,33)38-20-18-19(25-22(24)26-20)27(23(31)39-18)21-17(36-13(4)30)16(35-12(3)29)15(37-21)9-34-11(2)28/h5-8,15-17,21H,9H2,1-4H3,(H2,24,25,26)/t15-,16-,17-,21-/m1/s1. The molecule has 15 nitrogen and oxygen atoms in total. The minimum Gasteiger partial charge on any atom is -0.463 e. The number of aromatic nitrogens is 3. The van der Waals surface area contributed by atoms with Crippen LogP contribution in [0.3, 0.4) is 0 Å². The van der Waals surface area contributed by atoms with Gasteiger partial charge in [0.05, 0.1) is 0 Å². The molecule has 0 saturated carbocycles. The van der Waals surface area contributed by atoms with Gasteiger partial charge in [-0.25, -0.2) is 0 Å². The number of thiazole rings is 1. The number of fused-ring (bicyclic) bond motifs is 1. The average molecular weight is 597 g/mol. The maximum absolute atomic E-state index is 13.2. The molecule has 17 heteroatoms. The fourth-order valence-electron chi connectivity index (χ4n) is 3.95. The number of anilines is 1. The Morgan fingerprint density at radius 3 is 2.25 bits per heavy atom. The molecule has 1 aliphatic heterocycles. The first-order valence-electron chi connectivity index (χ1n) is 11.6. The van der Waals surface area contributed by atoms with Crippen molar-refractivity contribution in [1.29, 1.82) is 0 Å². The van der Waals surface area contributed by atoms with Crippen molar-refractivity contribution in [2.24, 2.45) is 0 Å². The van der Waals surface area contributed by atoms with Gasteiger partial charge >= 0.3 is 32.9 Å². The van der Waals surface area contributed by atoms with Gasteiger partial charge in [0, 0.05) is 20.8 Å². The molecule has 1 aliphatic rings. The van der Waals surface area contributed by atoms with Crippen molar-refractivity contribution < 1.29 is 45.9 Å². The van der Waals surface area contributed by atoms with Crippen molar-refractivity contribution in [2.45, 2.75) is 57.1 Å². The summed E-state index contributed by atoms with van der Waals surface area (Å²) in [5.74, 6) is -3.17. The van der Waals surface area contributed by atoms with Crippen molar-refractivity contribution in [2.75, 3.05) is 12.3 Å². The van der Waals surface area contributed by atoms with Crippen LogP contribution in [-0.4, -0.2) is 65.8 Å². The molecule has 0 unspecified atom stereocenters. The molecule has 0 bridgehead atoms. The second-order valence-corrected chi connectivity index (χ2v) is 11.2. The molecule has 0 aliphatic carbocycles. The highest BCUT2D eigenvalue weighted by molar-refractivity contribution is 7.87. The van der Waals surface area contributed by atoms with E-state index in [2.05, 4.69) is 9.97 Å². The lowest BCUT2D eigenvalue weighted by atomic mass is 10.1. The van der Waals surface area contributed by atoms with Gasteiger partial charge in [-0.1, -0.05) is 29.0 Å². The van der Waals surface area contributed by atoms with Crippen molar-refractivity contribution in [1.82, 2.24) is 14.5 Å². The summed E-state index contributed by atoms with van der Waals surface area (Å²) in [6.07, 6.45) is -5.29. The predicted molar refractivity (Wildman–Crippen MR) is 137 cm³/mol. The van der Waals surface area contributed by atoms with Crippen LogP contribution in [0.4, 0.5) is 5.95 Å². The number of aryl methyl sites for hydroxylation is 1. The highest BCUT2D eigenvalue weighted by atomic mass is 32.2. The molecule has 214 valence electrons. The molecule has 4 rings (SSSR count). The lowest BCUT2D eigenvalue weighted by Gasteiger charge is -2.23. The fourth-order valence-corrected chi connectivity index (χ4v) is 5.77. The van der Waals surface area contributed by atoms with Gasteiger partial charge in [0.15, 0.2) is 24.1 Å². The summed E-state index contributed by atoms with van der Waals surface area (Å²) in [7, 11) is -4.39. The number of carbonyl (C=O) groups excluding carboxylic acids is 3. The number of esters is 3. The molecule has 1 fully saturated rings. The van der Waals surface area contributed by atoms with Crippen molar-refractivity contribution in [3.05, 3.63) is 39.5 Å². The Bertz CT molecular complexity index is 1630. The van der Waals surface area contributed by atoms with Crippen LogP contribution in [0.1, 0.15) is 32.6 Å². The van der Waals surface area contributed by atoms with Gasteiger partial charge in [0.1, 0.15) is 22.3 Å². The van der Waals surface area contributed by atoms with Crippen LogP contribution in [0.25, 0.3) is 10.3 Å². The van der Waals surface area contributed by atoms with Crippen LogP contribution in [-0.2, 0) is 43.4 Å². The molecule has 4 atom stereocenters. The Morgan fingerprint density at radius 2 is 1.65 bits per heavy atom. The van der Waals surface area contributed by atoms with E-state index in [9.17, 15) is 27.6 Å². The van der Waals surface area contributed by atoms with Gasteiger partial charge in [0.25, 0.3) is 5.88 Å². The van der Waals surface area contributed by atoms with E-state index < -0.39 is 75.9 Å². The molecule has 2 aromatic heterocycles. The first-order valence-corrected chi connectivity index (χ1v) is 13.8. The number of hydrogen-bond acceptors (Lipinski definition) is 15. The molecule has 0 spiro atoms. The first kappa shape index (κ1) is 28.9. The molecule has 40 heavy (non-hydrogen) atoms. The van der Waals surface area contributed by atoms with E-state index in [0.29, 0.717) is 11.3 Å². The summed E-state index contributed by atoms with van der Waals surface area (Å²) in [5, 5.41) is 0. The Balaban J connectivity index is 1.81. The van der Waals surface area contributed by atoms with Gasteiger partial charge in [-0.05, 0) is 19.1 Å². The molecular weight excluding hydrogens is 572 g/mol. The van der Waals surface area contributed by atoms with Crippen LogP contribution in [0, 0.1) is 6.92 Å². The van der Waals surface area contributed by atoms with Gasteiger partial charge < -0.3 is 28.9 Å². The third-order valence-corrected chi connectivity index (χ3v) is 7.70. The number of benzene rings is 1. The van der Waals surface area contributed by atoms with E-state index >= 15 is 0 Å². The summed E-state index contributed by atoms with van der Waals surface area (Å²) in [5.41, 5.74) is 6.45. The molecule has 3 heterocycles. The Labute approximate surface area is 230 Å². The van der Waals surface area contributed by atoms with Crippen molar-refractivity contribution >= 4 is 55.7 Å². The van der Waals surface area contributed by atoms with E-state index in [1.54, 1.807) is 19.1 Å². The number of hydrogen-bond donors (Lipinski definition) is 1. The largest absolute Gasteiger partial charge is 0.463 e.